The Bertz CT molecular complexity index is 696. The second-order valence-electron chi connectivity index (χ2n) is 14.3. The van der Waals surface area contributed by atoms with Crippen LogP contribution in [0.4, 0.5) is 0 Å². The third kappa shape index (κ3) is 18.7. The Balaban J connectivity index is 2.42. The van der Waals surface area contributed by atoms with E-state index in [9.17, 15) is 5.11 Å². The van der Waals surface area contributed by atoms with Gasteiger partial charge in [0.1, 0.15) is 13.6 Å². The number of hydrogen-bond donors (Lipinski definition) is 1. The predicted molar refractivity (Wildman–Crippen MR) is 185 cm³/mol. The molecule has 0 amide bonds. The van der Waals surface area contributed by atoms with Crippen molar-refractivity contribution in [2.24, 2.45) is 0 Å². The Morgan fingerprint density at radius 2 is 1.23 bits per heavy atom. The molecule has 0 radical (unpaired) electrons. The van der Waals surface area contributed by atoms with Crippen LogP contribution in [-0.2, 0) is 28.1 Å². The summed E-state index contributed by atoms with van der Waals surface area (Å²) >= 11 is 0. The summed E-state index contributed by atoms with van der Waals surface area (Å²) in [6.45, 7) is 14.4. The smallest absolute Gasteiger partial charge is 0.192 e. The minimum absolute atomic E-state index is 0.0198. The van der Waals surface area contributed by atoms with Gasteiger partial charge in [-0.25, -0.2) is 0 Å². The third-order valence-corrected chi connectivity index (χ3v) is 14.0. The molecule has 0 aromatic rings. The number of hydrogen-bond acceptors (Lipinski definition) is 7. The van der Waals surface area contributed by atoms with Gasteiger partial charge >= 0.3 is 0 Å². The van der Waals surface area contributed by atoms with E-state index >= 15 is 0 Å². The van der Waals surface area contributed by atoms with E-state index in [2.05, 4.69) is 52.9 Å². The van der Waals surface area contributed by atoms with Gasteiger partial charge in [-0.1, -0.05) is 104 Å². The van der Waals surface area contributed by atoms with Crippen LogP contribution in [0.2, 0.25) is 18.1 Å². The summed E-state index contributed by atoms with van der Waals surface area (Å²) < 4.78 is 35.4. The largest absolute Gasteiger partial charge is 0.414 e. The van der Waals surface area contributed by atoms with E-state index < -0.39 is 14.4 Å². The van der Waals surface area contributed by atoms with Gasteiger partial charge in [-0.3, -0.25) is 0 Å². The maximum absolute atomic E-state index is 10.4. The fourth-order valence-electron chi connectivity index (χ4n) is 5.52. The second kappa shape index (κ2) is 24.8. The van der Waals surface area contributed by atoms with Crippen LogP contribution in [0.15, 0.2) is 12.2 Å². The maximum Gasteiger partial charge on any atom is 0.192 e. The maximum atomic E-state index is 10.4. The highest BCUT2D eigenvalue weighted by Crippen LogP contribution is 2.36. The van der Waals surface area contributed by atoms with Crippen LogP contribution < -0.4 is 0 Å². The Kier molecular flexibility index (Phi) is 23.5. The predicted octanol–water partition coefficient (Wildman–Crippen LogP) is 9.32. The highest BCUT2D eigenvalue weighted by molar-refractivity contribution is 6.74. The topological polar surface area (TPSA) is 75.6 Å². The molecule has 1 N–H and O–H groups in total. The van der Waals surface area contributed by atoms with Crippen LogP contribution in [0.25, 0.3) is 0 Å². The second-order valence-corrected chi connectivity index (χ2v) is 19.1. The van der Waals surface area contributed by atoms with Crippen LogP contribution in [0, 0.1) is 0 Å². The summed E-state index contributed by atoms with van der Waals surface area (Å²) in [5, 5.41) is 10.6. The molecule has 1 saturated heterocycles. The van der Waals surface area contributed by atoms with Crippen molar-refractivity contribution < 1.29 is 33.2 Å². The molecule has 0 unspecified atom stereocenters. The summed E-state index contributed by atoms with van der Waals surface area (Å²) in [4.78, 5) is 0. The van der Waals surface area contributed by atoms with E-state index in [1.165, 1.54) is 64.2 Å². The molecule has 7 nitrogen and oxygen atoms in total. The van der Waals surface area contributed by atoms with Crippen molar-refractivity contribution in [3.05, 3.63) is 12.2 Å². The minimum Gasteiger partial charge on any atom is -0.414 e. The monoisotopic (exact) mass is 645 g/mol. The van der Waals surface area contributed by atoms with Gasteiger partial charge in [-0.15, -0.1) is 0 Å². The molecular weight excluding hydrogens is 572 g/mol. The normalized spacial score (nSPS) is 20.0. The molecule has 1 rings (SSSR count). The number of unbranched alkanes of at least 4 members (excludes halogenated alkanes) is 9. The zero-order valence-corrected chi connectivity index (χ0v) is 31.1. The quantitative estimate of drug-likeness (QED) is 0.0394. The Morgan fingerprint density at radius 1 is 0.750 bits per heavy atom. The molecule has 0 saturated carbocycles. The first-order valence-electron chi connectivity index (χ1n) is 17.9. The van der Waals surface area contributed by atoms with Gasteiger partial charge in [0.15, 0.2) is 8.32 Å². The van der Waals surface area contributed by atoms with Crippen LogP contribution in [0.3, 0.4) is 0 Å². The molecular formula is C36H72O7Si. The van der Waals surface area contributed by atoms with Crippen molar-refractivity contribution in [2.45, 2.75) is 186 Å². The number of methoxy groups -OCH3 is 2. The van der Waals surface area contributed by atoms with Crippen molar-refractivity contribution >= 4 is 8.32 Å². The van der Waals surface area contributed by atoms with E-state index in [0.29, 0.717) is 19.8 Å². The number of aliphatic hydroxyl groups is 1. The molecule has 0 bridgehead atoms. The van der Waals surface area contributed by atoms with Crippen LogP contribution in [0.5, 0.6) is 0 Å². The summed E-state index contributed by atoms with van der Waals surface area (Å²) in [6, 6.07) is 0. The van der Waals surface area contributed by atoms with Gasteiger partial charge in [-0.05, 0) is 63.1 Å². The van der Waals surface area contributed by atoms with E-state index in [0.717, 1.165) is 38.5 Å². The zero-order chi connectivity index (χ0) is 32.7. The van der Waals surface area contributed by atoms with E-state index in [-0.39, 0.29) is 36.2 Å². The molecule has 0 aromatic carbocycles. The molecule has 1 aliphatic heterocycles. The standard InChI is InChI=1S/C36H72O7Si/c1-9-10-11-12-13-14-15-16-17-21-24-32(40-29-38-5)34-26-27-35(43-34)33(41-30-39-6)25-22-19-18-20-23-31(37)28-42-44(7,8)36(2,3)4/h18-19,31-35,37H,9-17,20-30H2,1-8H3/b19-18+/t31-,32+,33+,34+,35+/m0/s1. The van der Waals surface area contributed by atoms with Gasteiger partial charge in [0.2, 0.25) is 0 Å². The van der Waals surface area contributed by atoms with E-state index in [1.54, 1.807) is 14.2 Å². The lowest BCUT2D eigenvalue weighted by atomic mass is 10.0. The van der Waals surface area contributed by atoms with E-state index in [4.69, 9.17) is 28.1 Å². The fraction of sp³-hybridized carbons (Fsp3) is 0.944. The van der Waals surface area contributed by atoms with Gasteiger partial charge in [0, 0.05) is 14.2 Å². The van der Waals surface area contributed by atoms with Crippen LogP contribution >= 0.6 is 0 Å². The number of rotatable bonds is 28. The van der Waals surface area contributed by atoms with Crippen molar-refractivity contribution in [3.8, 4) is 0 Å². The summed E-state index contributed by atoms with van der Waals surface area (Å²) in [6.07, 6.45) is 23.7. The van der Waals surface area contributed by atoms with Gasteiger partial charge < -0.3 is 33.2 Å². The minimum atomic E-state index is -1.83. The van der Waals surface area contributed by atoms with Crippen LogP contribution in [0.1, 0.15) is 137 Å². The number of allylic oxidation sites excluding steroid dienone is 2. The molecule has 0 aliphatic carbocycles. The average molecular weight is 645 g/mol. The summed E-state index contributed by atoms with van der Waals surface area (Å²) in [5.74, 6) is 0. The summed E-state index contributed by atoms with van der Waals surface area (Å²) in [7, 11) is 1.52. The molecule has 1 heterocycles. The molecule has 1 fully saturated rings. The first-order valence-corrected chi connectivity index (χ1v) is 20.8. The van der Waals surface area contributed by atoms with Gasteiger partial charge in [0.05, 0.1) is 37.1 Å². The van der Waals surface area contributed by atoms with Crippen LogP contribution in [-0.4, -0.2) is 78.4 Å². The highest BCUT2D eigenvalue weighted by Gasteiger charge is 2.38. The van der Waals surface area contributed by atoms with E-state index in [1.807, 2.05) is 0 Å². The first kappa shape index (κ1) is 41.7. The van der Waals surface area contributed by atoms with Crippen molar-refractivity contribution in [2.75, 3.05) is 34.4 Å². The summed E-state index contributed by atoms with van der Waals surface area (Å²) in [5.41, 5.74) is 0. The number of aliphatic hydroxyl groups excluding tert-OH is 1. The Morgan fingerprint density at radius 3 is 1.73 bits per heavy atom. The molecule has 1 aliphatic rings. The van der Waals surface area contributed by atoms with Gasteiger partial charge in [0.25, 0.3) is 0 Å². The number of ether oxygens (including phenoxy) is 5. The molecule has 8 heteroatoms. The third-order valence-electron chi connectivity index (χ3n) is 9.45. The van der Waals surface area contributed by atoms with Crippen molar-refractivity contribution in [1.82, 2.24) is 0 Å². The van der Waals surface area contributed by atoms with Crippen molar-refractivity contribution in [3.63, 3.8) is 0 Å². The lowest BCUT2D eigenvalue weighted by Crippen LogP contribution is -2.42. The molecule has 0 spiro atoms. The fourth-order valence-corrected chi connectivity index (χ4v) is 6.56. The average Bonchev–Trinajstić information content (AvgIpc) is 3.47. The Hall–Kier alpha value is -0.323. The molecule has 5 atom stereocenters. The highest BCUT2D eigenvalue weighted by atomic mass is 28.4. The molecule has 44 heavy (non-hydrogen) atoms. The van der Waals surface area contributed by atoms with Gasteiger partial charge in [-0.2, -0.15) is 0 Å². The lowest BCUT2D eigenvalue weighted by Gasteiger charge is -2.36. The molecule has 0 aromatic heterocycles. The lowest BCUT2D eigenvalue weighted by molar-refractivity contribution is -0.158. The zero-order valence-electron chi connectivity index (χ0n) is 30.1. The molecule has 262 valence electrons. The SMILES string of the molecule is CCCCCCCCCCCC[C@@H](OCOC)[C@H]1CC[C@H]([C@@H](CC/C=C/CC[C@H](O)CO[Si](C)(C)C(C)(C)C)OCOC)O1. The first-order chi connectivity index (χ1) is 21.1. The Labute approximate surface area is 273 Å². The van der Waals surface area contributed by atoms with Crippen molar-refractivity contribution in [1.29, 1.82) is 0 Å².